The van der Waals surface area contributed by atoms with Crippen molar-refractivity contribution in [2.24, 2.45) is 0 Å². The lowest BCUT2D eigenvalue weighted by molar-refractivity contribution is -0.130. The number of hydrogen-bond acceptors (Lipinski definition) is 7. The number of carbonyl (C=O) groups is 2. The van der Waals surface area contributed by atoms with Gasteiger partial charge in [-0.3, -0.25) is 14.5 Å². The monoisotopic (exact) mass is 431 g/mol. The molecule has 9 nitrogen and oxygen atoms in total. The first kappa shape index (κ1) is 22.2. The minimum atomic E-state index is -0.236. The van der Waals surface area contributed by atoms with Crippen LogP contribution < -0.4 is 5.32 Å². The molecule has 1 aliphatic heterocycles. The highest BCUT2D eigenvalue weighted by atomic mass is 32.2. The number of rotatable bonds is 6. The van der Waals surface area contributed by atoms with E-state index in [1.807, 2.05) is 56.9 Å². The second-order valence-electron chi connectivity index (χ2n) is 8.45. The lowest BCUT2D eigenvalue weighted by atomic mass is 10.1. The van der Waals surface area contributed by atoms with E-state index in [4.69, 9.17) is 0 Å². The van der Waals surface area contributed by atoms with Gasteiger partial charge in [-0.2, -0.15) is 4.68 Å². The van der Waals surface area contributed by atoms with Crippen molar-refractivity contribution in [2.75, 3.05) is 38.5 Å². The second-order valence-corrected chi connectivity index (χ2v) is 9.40. The van der Waals surface area contributed by atoms with Gasteiger partial charge in [-0.1, -0.05) is 29.5 Å². The summed E-state index contributed by atoms with van der Waals surface area (Å²) in [5.41, 5.74) is 1.79. The fraction of sp³-hybridized carbons (Fsp3) is 0.550. The molecule has 1 saturated heterocycles. The first-order valence-electron chi connectivity index (χ1n) is 10.0. The van der Waals surface area contributed by atoms with E-state index >= 15 is 0 Å². The Labute approximate surface area is 181 Å². The van der Waals surface area contributed by atoms with Gasteiger partial charge < -0.3 is 10.2 Å². The predicted octanol–water partition coefficient (Wildman–Crippen LogP) is 1.12. The molecule has 10 heteroatoms. The smallest absolute Gasteiger partial charge is 0.234 e. The highest BCUT2D eigenvalue weighted by Crippen LogP contribution is 2.19. The fourth-order valence-corrected chi connectivity index (χ4v) is 3.94. The number of amides is 2. The van der Waals surface area contributed by atoms with Crippen LogP contribution in [0.2, 0.25) is 0 Å². The number of piperazine rings is 1. The van der Waals surface area contributed by atoms with E-state index in [0.29, 0.717) is 37.9 Å². The standard InChI is InChI=1S/C20H29N7O2S/c1-15-5-7-16(8-6-15)27-19(22-23-24-27)30-14-18(29)26-11-9-25(10-12-26)13-17(28)21-20(2,3)4/h5-8H,9-14H2,1-4H3,(H,21,28). The molecule has 0 aliphatic carbocycles. The average molecular weight is 432 g/mol. The molecular weight excluding hydrogens is 402 g/mol. The van der Waals surface area contributed by atoms with Crippen molar-refractivity contribution < 1.29 is 9.59 Å². The topological polar surface area (TPSA) is 96.2 Å². The van der Waals surface area contributed by atoms with Gasteiger partial charge in [0.1, 0.15) is 0 Å². The number of carbonyl (C=O) groups excluding carboxylic acids is 2. The van der Waals surface area contributed by atoms with Gasteiger partial charge in [0.05, 0.1) is 18.0 Å². The van der Waals surface area contributed by atoms with Crippen LogP contribution in [0.15, 0.2) is 29.4 Å². The molecule has 1 N–H and O–H groups in total. The van der Waals surface area contributed by atoms with Crippen LogP contribution in [-0.4, -0.2) is 85.8 Å². The zero-order valence-electron chi connectivity index (χ0n) is 18.0. The Morgan fingerprint density at radius 2 is 1.77 bits per heavy atom. The van der Waals surface area contributed by atoms with Gasteiger partial charge >= 0.3 is 0 Å². The van der Waals surface area contributed by atoms with Crippen molar-refractivity contribution in [1.82, 2.24) is 35.3 Å². The second kappa shape index (κ2) is 9.57. The number of thioether (sulfide) groups is 1. The third-order valence-corrected chi connectivity index (χ3v) is 5.55. The van der Waals surface area contributed by atoms with E-state index < -0.39 is 0 Å². The maximum atomic E-state index is 12.6. The maximum absolute atomic E-state index is 12.6. The van der Waals surface area contributed by atoms with E-state index in [2.05, 4.69) is 25.7 Å². The number of hydrogen-bond donors (Lipinski definition) is 1. The first-order chi connectivity index (χ1) is 14.2. The van der Waals surface area contributed by atoms with Crippen LogP contribution in [0, 0.1) is 6.92 Å². The maximum Gasteiger partial charge on any atom is 0.234 e. The lowest BCUT2D eigenvalue weighted by Gasteiger charge is -2.34. The molecule has 2 amide bonds. The van der Waals surface area contributed by atoms with Crippen LogP contribution in [0.1, 0.15) is 26.3 Å². The van der Waals surface area contributed by atoms with E-state index in [1.54, 1.807) is 4.68 Å². The summed E-state index contributed by atoms with van der Waals surface area (Å²) in [5, 5.41) is 15.4. The van der Waals surface area contributed by atoms with E-state index in [-0.39, 0.29) is 23.1 Å². The van der Waals surface area contributed by atoms with Gasteiger partial charge in [-0.05, 0) is 50.3 Å². The molecule has 0 bridgehead atoms. The summed E-state index contributed by atoms with van der Waals surface area (Å²) in [6, 6.07) is 7.90. The minimum absolute atomic E-state index is 0.0146. The SMILES string of the molecule is Cc1ccc(-n2nnnc2SCC(=O)N2CCN(CC(=O)NC(C)(C)C)CC2)cc1. The molecule has 0 radical (unpaired) electrons. The molecule has 162 valence electrons. The van der Waals surface area contributed by atoms with Gasteiger partial charge in [-0.15, -0.1) is 5.10 Å². The minimum Gasteiger partial charge on any atom is -0.350 e. The first-order valence-corrected chi connectivity index (χ1v) is 11.0. The van der Waals surface area contributed by atoms with Crippen molar-refractivity contribution in [2.45, 2.75) is 38.4 Å². The molecule has 3 rings (SSSR count). The van der Waals surface area contributed by atoms with Crippen LogP contribution in [0.4, 0.5) is 0 Å². The largest absolute Gasteiger partial charge is 0.350 e. The highest BCUT2D eigenvalue weighted by molar-refractivity contribution is 7.99. The van der Waals surface area contributed by atoms with Gasteiger partial charge in [0.15, 0.2) is 0 Å². The van der Waals surface area contributed by atoms with Crippen LogP contribution >= 0.6 is 11.8 Å². The van der Waals surface area contributed by atoms with Crippen LogP contribution in [0.25, 0.3) is 5.69 Å². The molecule has 0 saturated carbocycles. The van der Waals surface area contributed by atoms with Gasteiger partial charge in [0, 0.05) is 31.7 Å². The summed E-state index contributed by atoms with van der Waals surface area (Å²) in [7, 11) is 0. The highest BCUT2D eigenvalue weighted by Gasteiger charge is 2.24. The zero-order chi connectivity index (χ0) is 21.7. The summed E-state index contributed by atoms with van der Waals surface area (Å²) in [6.07, 6.45) is 0. The molecule has 1 fully saturated rings. The van der Waals surface area contributed by atoms with Crippen LogP contribution in [-0.2, 0) is 9.59 Å². The number of nitrogens with zero attached hydrogens (tertiary/aromatic N) is 6. The predicted molar refractivity (Wildman–Crippen MR) is 116 cm³/mol. The Morgan fingerprint density at radius 3 is 2.40 bits per heavy atom. The van der Waals surface area contributed by atoms with Crippen LogP contribution in [0.3, 0.4) is 0 Å². The molecular formula is C20H29N7O2S. The summed E-state index contributed by atoms with van der Waals surface area (Å²) in [6.45, 7) is 10.9. The average Bonchev–Trinajstić information content (AvgIpc) is 3.14. The van der Waals surface area contributed by atoms with E-state index in [9.17, 15) is 9.59 Å². The van der Waals surface area contributed by atoms with Gasteiger partial charge in [0.2, 0.25) is 17.0 Å². The Balaban J connectivity index is 1.47. The number of aromatic nitrogens is 4. The Kier molecular flexibility index (Phi) is 7.09. The third kappa shape index (κ3) is 6.27. The Hall–Kier alpha value is -2.46. The number of benzene rings is 1. The number of aryl methyl sites for hydroxylation is 1. The molecule has 1 aromatic heterocycles. The summed E-state index contributed by atoms with van der Waals surface area (Å²) >= 11 is 1.33. The third-order valence-electron chi connectivity index (χ3n) is 4.65. The zero-order valence-corrected chi connectivity index (χ0v) is 18.8. The molecule has 1 aliphatic rings. The van der Waals surface area contributed by atoms with E-state index in [0.717, 1.165) is 11.3 Å². The van der Waals surface area contributed by atoms with Gasteiger partial charge in [0.25, 0.3) is 0 Å². The molecule has 1 aromatic carbocycles. The van der Waals surface area contributed by atoms with Crippen molar-refractivity contribution in [3.8, 4) is 5.69 Å². The lowest BCUT2D eigenvalue weighted by Crippen LogP contribution is -2.53. The van der Waals surface area contributed by atoms with Gasteiger partial charge in [-0.25, -0.2) is 0 Å². The quantitative estimate of drug-likeness (QED) is 0.685. The fourth-order valence-electron chi connectivity index (χ4n) is 3.15. The molecule has 30 heavy (non-hydrogen) atoms. The van der Waals surface area contributed by atoms with Crippen molar-refractivity contribution in [3.63, 3.8) is 0 Å². The summed E-state index contributed by atoms with van der Waals surface area (Å²) < 4.78 is 1.64. The number of tetrazole rings is 1. The van der Waals surface area contributed by atoms with Crippen molar-refractivity contribution >= 4 is 23.6 Å². The summed E-state index contributed by atoms with van der Waals surface area (Å²) in [5.74, 6) is 0.342. The van der Waals surface area contributed by atoms with E-state index in [1.165, 1.54) is 11.8 Å². The number of nitrogens with one attached hydrogen (secondary N) is 1. The Morgan fingerprint density at radius 1 is 1.10 bits per heavy atom. The summed E-state index contributed by atoms with van der Waals surface area (Å²) in [4.78, 5) is 28.6. The molecule has 2 heterocycles. The van der Waals surface area contributed by atoms with Crippen molar-refractivity contribution in [1.29, 1.82) is 0 Å². The Bertz CT molecular complexity index is 868. The van der Waals surface area contributed by atoms with Crippen molar-refractivity contribution in [3.05, 3.63) is 29.8 Å². The molecule has 0 atom stereocenters. The normalized spacial score (nSPS) is 15.3. The molecule has 0 unspecified atom stereocenters. The molecule has 2 aromatic rings. The van der Waals surface area contributed by atoms with Crippen LogP contribution in [0.5, 0.6) is 0 Å². The molecule has 0 spiro atoms.